The van der Waals surface area contributed by atoms with Crippen LogP contribution in [0.4, 0.5) is 0 Å². The van der Waals surface area contributed by atoms with Crippen LogP contribution in [0.5, 0.6) is 0 Å². The van der Waals surface area contributed by atoms with Gasteiger partial charge in [-0.1, -0.05) is 184 Å². The second-order valence-corrected chi connectivity index (χ2v) is 16.4. The summed E-state index contributed by atoms with van der Waals surface area (Å²) in [5.74, 6) is 0. The Labute approximate surface area is 337 Å². The predicted octanol–water partition coefficient (Wildman–Crippen LogP) is 16.0. The van der Waals surface area contributed by atoms with Crippen LogP contribution >= 0.6 is 0 Å². The van der Waals surface area contributed by atoms with Gasteiger partial charge in [-0.05, 0) is 118 Å². The maximum atomic E-state index is 6.42. The summed E-state index contributed by atoms with van der Waals surface area (Å²) in [4.78, 5) is 0. The summed E-state index contributed by atoms with van der Waals surface area (Å²) >= 11 is 0. The van der Waals surface area contributed by atoms with Crippen molar-refractivity contribution in [2.75, 3.05) is 0 Å². The molecule has 0 saturated heterocycles. The lowest BCUT2D eigenvalue weighted by atomic mass is 9.78. The van der Waals surface area contributed by atoms with E-state index in [-0.39, 0.29) is 5.41 Å². The highest BCUT2D eigenvalue weighted by molar-refractivity contribution is 6.21. The fraction of sp³-hybridized carbons (Fsp3) is 0.0526. The number of rotatable bonds is 4. The van der Waals surface area contributed by atoms with E-state index in [2.05, 4.69) is 196 Å². The molecule has 0 amide bonds. The fourth-order valence-corrected chi connectivity index (χ4v) is 10.2. The largest absolute Gasteiger partial charge is 0.455 e. The molecule has 1 heteroatoms. The SMILES string of the molecule is CC1(C)c2cc3ccccc3cc2-c2cccc(-c3cccc(-c4c5ccccc5c(-c5ccc(-c6cccc7c6oc6ccccc67)cc5)c5ccccc45)c3)c21. The number of hydrogen-bond acceptors (Lipinski definition) is 1. The molecule has 10 aromatic carbocycles. The van der Waals surface area contributed by atoms with E-state index in [9.17, 15) is 0 Å². The Kier molecular flexibility index (Phi) is 7.04. The number of hydrogen-bond donors (Lipinski definition) is 0. The summed E-state index contributed by atoms with van der Waals surface area (Å²) in [6.45, 7) is 4.79. The Morgan fingerprint density at radius 1 is 0.345 bits per heavy atom. The van der Waals surface area contributed by atoms with Crippen molar-refractivity contribution in [1.29, 1.82) is 0 Å². The Bertz CT molecular complexity index is 3410. The van der Waals surface area contributed by atoms with Gasteiger partial charge in [0.2, 0.25) is 0 Å². The molecule has 58 heavy (non-hydrogen) atoms. The van der Waals surface area contributed by atoms with Gasteiger partial charge in [0, 0.05) is 21.8 Å². The van der Waals surface area contributed by atoms with Crippen molar-refractivity contribution in [3.8, 4) is 55.6 Å². The smallest absolute Gasteiger partial charge is 0.143 e. The molecule has 0 saturated carbocycles. The third-order valence-electron chi connectivity index (χ3n) is 12.8. The molecule has 0 spiro atoms. The van der Waals surface area contributed by atoms with Gasteiger partial charge in [-0.15, -0.1) is 0 Å². The molecule has 1 aromatic heterocycles. The number of para-hydroxylation sites is 2. The average molecular weight is 739 g/mol. The van der Waals surface area contributed by atoms with Gasteiger partial charge >= 0.3 is 0 Å². The number of benzene rings is 10. The third kappa shape index (κ3) is 4.77. The minimum Gasteiger partial charge on any atom is -0.455 e. The van der Waals surface area contributed by atoms with Crippen LogP contribution in [0.1, 0.15) is 25.0 Å². The van der Waals surface area contributed by atoms with E-state index >= 15 is 0 Å². The molecule has 0 fully saturated rings. The van der Waals surface area contributed by atoms with E-state index in [1.165, 1.54) is 88.0 Å². The minimum atomic E-state index is -0.142. The molecule has 0 bridgehead atoms. The summed E-state index contributed by atoms with van der Waals surface area (Å²) in [6.07, 6.45) is 0. The first-order valence-electron chi connectivity index (χ1n) is 20.3. The maximum Gasteiger partial charge on any atom is 0.143 e. The molecule has 272 valence electrons. The molecule has 0 N–H and O–H groups in total. The third-order valence-corrected chi connectivity index (χ3v) is 12.8. The van der Waals surface area contributed by atoms with Crippen LogP contribution in [0.2, 0.25) is 0 Å². The molecule has 11 aromatic rings. The Morgan fingerprint density at radius 2 is 0.862 bits per heavy atom. The second kappa shape index (κ2) is 12.4. The van der Waals surface area contributed by atoms with E-state index in [4.69, 9.17) is 4.42 Å². The van der Waals surface area contributed by atoms with E-state index in [1.54, 1.807) is 0 Å². The monoisotopic (exact) mass is 738 g/mol. The fourth-order valence-electron chi connectivity index (χ4n) is 10.2. The minimum absolute atomic E-state index is 0.142. The van der Waals surface area contributed by atoms with Gasteiger partial charge in [-0.25, -0.2) is 0 Å². The lowest BCUT2D eigenvalue weighted by Gasteiger charge is -2.25. The highest BCUT2D eigenvalue weighted by Gasteiger charge is 2.38. The summed E-state index contributed by atoms with van der Waals surface area (Å²) in [5.41, 5.74) is 16.9. The normalized spacial score (nSPS) is 13.1. The lowest BCUT2D eigenvalue weighted by Crippen LogP contribution is -2.16. The van der Waals surface area contributed by atoms with E-state index < -0.39 is 0 Å². The van der Waals surface area contributed by atoms with Crippen molar-refractivity contribution in [2.24, 2.45) is 0 Å². The van der Waals surface area contributed by atoms with Crippen molar-refractivity contribution in [2.45, 2.75) is 19.3 Å². The van der Waals surface area contributed by atoms with Gasteiger partial charge in [0.15, 0.2) is 0 Å². The van der Waals surface area contributed by atoms with Crippen LogP contribution in [0.15, 0.2) is 199 Å². The van der Waals surface area contributed by atoms with Crippen molar-refractivity contribution in [1.82, 2.24) is 0 Å². The first-order chi connectivity index (χ1) is 28.5. The zero-order valence-electron chi connectivity index (χ0n) is 32.4. The molecule has 0 unspecified atom stereocenters. The zero-order valence-corrected chi connectivity index (χ0v) is 32.4. The van der Waals surface area contributed by atoms with Crippen LogP contribution in [-0.4, -0.2) is 0 Å². The van der Waals surface area contributed by atoms with Crippen LogP contribution in [0.25, 0.3) is 110 Å². The summed E-state index contributed by atoms with van der Waals surface area (Å²) < 4.78 is 6.42. The number of furan rings is 1. The van der Waals surface area contributed by atoms with Crippen LogP contribution in [0, 0.1) is 0 Å². The topological polar surface area (TPSA) is 13.1 Å². The highest BCUT2D eigenvalue weighted by Crippen LogP contribution is 2.54. The van der Waals surface area contributed by atoms with Crippen molar-refractivity contribution < 1.29 is 4.42 Å². The summed E-state index contributed by atoms with van der Waals surface area (Å²) in [7, 11) is 0. The quantitative estimate of drug-likeness (QED) is 0.164. The molecular formula is C57H38O. The molecular weight excluding hydrogens is 701 g/mol. The first-order valence-corrected chi connectivity index (χ1v) is 20.3. The van der Waals surface area contributed by atoms with Gasteiger partial charge in [0.05, 0.1) is 0 Å². The van der Waals surface area contributed by atoms with Gasteiger partial charge in [0.1, 0.15) is 11.2 Å². The maximum absolute atomic E-state index is 6.42. The van der Waals surface area contributed by atoms with Crippen molar-refractivity contribution >= 4 is 54.3 Å². The standard InChI is InChI=1S/C57H38O/c1-57(2)51-34-38-15-4-3-14-37(38)33-50(51)48-25-12-23-41(55(48)57)39-16-11-17-40(32-39)54-46-21-7-5-19-44(46)53(45-20-6-8-22-47(45)54)36-30-28-35(29-31-36)42-24-13-26-49-43-18-9-10-27-52(43)58-56(42)49/h3-34H,1-2H3. The average Bonchev–Trinajstić information content (AvgIpc) is 3.76. The number of fused-ring (bicyclic) bond motifs is 9. The molecule has 1 nitrogen and oxygen atoms in total. The van der Waals surface area contributed by atoms with Crippen LogP contribution < -0.4 is 0 Å². The van der Waals surface area contributed by atoms with Gasteiger partial charge in [-0.3, -0.25) is 0 Å². The first kappa shape index (κ1) is 33.0. The zero-order chi connectivity index (χ0) is 38.5. The molecule has 1 aliphatic rings. The molecule has 1 heterocycles. The van der Waals surface area contributed by atoms with E-state index in [0.717, 1.165) is 33.1 Å². The van der Waals surface area contributed by atoms with Gasteiger partial charge in [-0.2, -0.15) is 0 Å². The van der Waals surface area contributed by atoms with Gasteiger partial charge in [0.25, 0.3) is 0 Å². The molecule has 1 aliphatic carbocycles. The van der Waals surface area contributed by atoms with Crippen LogP contribution in [0.3, 0.4) is 0 Å². The van der Waals surface area contributed by atoms with E-state index in [0.29, 0.717) is 0 Å². The Hall–Kier alpha value is -7.22. The molecule has 12 rings (SSSR count). The second-order valence-electron chi connectivity index (χ2n) is 16.4. The molecule has 0 aliphatic heterocycles. The molecule has 0 radical (unpaired) electrons. The molecule has 0 atom stereocenters. The predicted molar refractivity (Wildman–Crippen MR) is 246 cm³/mol. The summed E-state index contributed by atoms with van der Waals surface area (Å²) in [6, 6.07) is 71.4. The van der Waals surface area contributed by atoms with E-state index in [1.807, 2.05) is 12.1 Å². The van der Waals surface area contributed by atoms with Crippen LogP contribution in [-0.2, 0) is 5.41 Å². The highest BCUT2D eigenvalue weighted by atomic mass is 16.3. The van der Waals surface area contributed by atoms with Crippen molar-refractivity contribution in [3.63, 3.8) is 0 Å². The Balaban J connectivity index is 1.00. The lowest BCUT2D eigenvalue weighted by molar-refractivity contribution is 0.663. The Morgan fingerprint density at radius 3 is 1.59 bits per heavy atom. The van der Waals surface area contributed by atoms with Gasteiger partial charge < -0.3 is 4.42 Å². The van der Waals surface area contributed by atoms with Crippen molar-refractivity contribution in [3.05, 3.63) is 205 Å². The summed E-state index contributed by atoms with van der Waals surface area (Å²) in [5, 5.41) is 9.88.